The summed E-state index contributed by atoms with van der Waals surface area (Å²) in [6.07, 6.45) is -0.142. The van der Waals surface area contributed by atoms with Crippen LogP contribution >= 0.6 is 0 Å². The van der Waals surface area contributed by atoms with E-state index in [2.05, 4.69) is 10.2 Å². The van der Waals surface area contributed by atoms with Crippen molar-refractivity contribution in [3.05, 3.63) is 94.8 Å². The number of benzene rings is 3. The number of carboxylic acids is 2. The molecule has 2 aliphatic carbocycles. The molecule has 17 heteroatoms. The van der Waals surface area contributed by atoms with Crippen LogP contribution in [0.1, 0.15) is 78.1 Å². The molecule has 13 nitrogen and oxygen atoms in total. The van der Waals surface area contributed by atoms with E-state index < -0.39 is 47.6 Å². The molecule has 1 heterocycles. The van der Waals surface area contributed by atoms with E-state index in [1.165, 1.54) is 62.8 Å². The summed E-state index contributed by atoms with van der Waals surface area (Å²) in [7, 11) is 1.85. The summed E-state index contributed by atoms with van der Waals surface area (Å²) >= 11 is 0. The number of alkyl halides is 3. The fraction of sp³-hybridized carbons (Fsp3) is 0.462. The van der Waals surface area contributed by atoms with Crippen molar-refractivity contribution >= 4 is 17.8 Å². The number of nitrogens with zero attached hydrogens (tertiary/aromatic N) is 1. The zero-order valence-corrected chi connectivity index (χ0v) is 30.8. The van der Waals surface area contributed by atoms with Crippen molar-refractivity contribution in [1.29, 1.82) is 0 Å². The Labute approximate surface area is 321 Å². The normalized spacial score (nSPS) is 18.0. The second-order valence-corrected chi connectivity index (χ2v) is 13.6. The van der Waals surface area contributed by atoms with Crippen LogP contribution in [0.3, 0.4) is 0 Å². The number of carboxylic acid groups (broad SMARTS) is 2. The molecule has 2 fully saturated rings. The largest absolute Gasteiger partial charge is 0.489 e. The van der Waals surface area contributed by atoms with E-state index in [1.807, 2.05) is 37.4 Å². The molecule has 3 aromatic rings. The van der Waals surface area contributed by atoms with E-state index in [0.29, 0.717) is 42.0 Å². The van der Waals surface area contributed by atoms with E-state index in [9.17, 15) is 31.9 Å². The zero-order chi connectivity index (χ0) is 40.3. The van der Waals surface area contributed by atoms with Gasteiger partial charge in [0, 0.05) is 35.7 Å². The van der Waals surface area contributed by atoms with Gasteiger partial charge in [-0.05, 0) is 87.7 Å². The molecule has 308 valence electrons. The number of hydrogen-bond donors (Lipinski definition) is 6. The topological polar surface area (TPSA) is 223 Å². The Bertz CT molecular complexity index is 1690. The van der Waals surface area contributed by atoms with Crippen LogP contribution in [-0.2, 0) is 22.2 Å². The average Bonchev–Trinajstić information content (AvgIpc) is 3.11. The first-order valence-corrected chi connectivity index (χ1v) is 18.0. The monoisotopic (exact) mass is 795 g/mol. The van der Waals surface area contributed by atoms with Gasteiger partial charge >= 0.3 is 18.1 Å². The van der Waals surface area contributed by atoms with E-state index in [-0.39, 0.29) is 23.4 Å². The summed E-state index contributed by atoms with van der Waals surface area (Å²) in [5.74, 6) is -3.80. The van der Waals surface area contributed by atoms with Gasteiger partial charge in [-0.25, -0.2) is 14.0 Å². The number of fused-ring (bicyclic) bond motifs is 1. The van der Waals surface area contributed by atoms with Crippen LogP contribution < -0.4 is 20.5 Å². The molecule has 0 saturated heterocycles. The predicted molar refractivity (Wildman–Crippen MR) is 196 cm³/mol. The average molecular weight is 796 g/mol. The number of amides is 1. The number of carbonyl (C=O) groups is 3. The number of primary amides is 1. The summed E-state index contributed by atoms with van der Waals surface area (Å²) in [4.78, 5) is 33.8. The van der Waals surface area contributed by atoms with Gasteiger partial charge in [0.15, 0.2) is 23.8 Å². The molecule has 9 N–H and O–H groups in total. The first-order valence-electron chi connectivity index (χ1n) is 18.0. The molecule has 0 spiro atoms. The van der Waals surface area contributed by atoms with Crippen molar-refractivity contribution in [2.24, 2.45) is 5.73 Å². The number of aliphatic hydroxyl groups excluding tert-OH is 2. The smallest absolute Gasteiger partial charge is 0.416 e. The lowest BCUT2D eigenvalue weighted by Crippen LogP contribution is -2.57. The van der Waals surface area contributed by atoms with Gasteiger partial charge in [-0.1, -0.05) is 43.2 Å². The number of carbonyl (C=O) groups excluding carboxylic acids is 1. The number of ether oxygens (including phenoxy) is 2. The van der Waals surface area contributed by atoms with Gasteiger partial charge in [0.1, 0.15) is 18.5 Å². The van der Waals surface area contributed by atoms with Crippen molar-refractivity contribution in [1.82, 2.24) is 10.2 Å². The van der Waals surface area contributed by atoms with Crippen molar-refractivity contribution in [3.8, 4) is 11.5 Å². The minimum absolute atomic E-state index is 0. The Kier molecular flexibility index (Phi) is 17.0. The molecule has 0 bridgehead atoms. The number of aliphatic hydroxyl groups is 2. The predicted octanol–water partition coefficient (Wildman–Crippen LogP) is 4.12. The number of nitrogens with two attached hydrogens (primary N) is 1. The van der Waals surface area contributed by atoms with E-state index in [0.717, 1.165) is 30.7 Å². The van der Waals surface area contributed by atoms with E-state index in [4.69, 9.17) is 35.6 Å². The molecule has 4 atom stereocenters. The molecule has 3 aromatic carbocycles. The highest BCUT2D eigenvalue weighted by molar-refractivity contribution is 5.95. The van der Waals surface area contributed by atoms with E-state index in [1.54, 1.807) is 0 Å². The highest BCUT2D eigenvalue weighted by Gasteiger charge is 2.41. The Morgan fingerprint density at radius 2 is 1.45 bits per heavy atom. The fourth-order valence-electron chi connectivity index (χ4n) is 6.51. The van der Waals surface area contributed by atoms with Crippen LogP contribution in [0.4, 0.5) is 17.6 Å². The number of rotatable bonds is 13. The minimum atomic E-state index is -4.33. The molecule has 56 heavy (non-hydrogen) atoms. The maximum Gasteiger partial charge on any atom is 0.416 e. The SMILES string of the molecule is CNCCC(Oc1ccc(C(F)(F)F)cc1)c1ccccc1.NC(=O)c1ccc(F)c2c1C[C@@H](N(C1CCC1)C1CCC1)CO2.O.O=C(O)[C@H](O)[C@@H](O)C(=O)O. The number of hydrogen-bond acceptors (Lipinski definition) is 9. The molecule has 1 unspecified atom stereocenters. The lowest BCUT2D eigenvalue weighted by atomic mass is 9.82. The lowest BCUT2D eigenvalue weighted by molar-refractivity contribution is -0.165. The van der Waals surface area contributed by atoms with Crippen LogP contribution in [0.2, 0.25) is 0 Å². The standard InChI is InChI=1S/C18H23FN2O2.C17H18F3NO.C4H6O6.H2O/c19-16-8-7-14(18(20)22)15-9-13(10-23-17(15)16)21(11-3-1-4-11)12-5-2-6-12;1-21-12-11-16(13-5-3-2-4-6-13)22-15-9-7-14(8-10-15)17(18,19)20;5-1(3(7)8)2(6)4(9)10;/h7-8,11-13H,1-6,9-10H2,(H2,20,22);2-10,16,21H,11-12H2,1H3;1-2,5-6H,(H,7,8)(H,9,10);1H2/t13-;;1-,2-;/m1.1./s1. The second kappa shape index (κ2) is 20.9. The summed E-state index contributed by atoms with van der Waals surface area (Å²) < 4.78 is 63.3. The van der Waals surface area contributed by atoms with Crippen LogP contribution in [-0.4, -0.2) is 99.2 Å². The van der Waals surface area contributed by atoms with Gasteiger partial charge < -0.3 is 46.4 Å². The van der Waals surface area contributed by atoms with Crippen molar-refractivity contribution in [3.63, 3.8) is 0 Å². The molecular weight excluding hydrogens is 746 g/mol. The number of nitrogens with one attached hydrogen (secondary N) is 1. The van der Waals surface area contributed by atoms with Gasteiger partial charge in [-0.3, -0.25) is 9.69 Å². The van der Waals surface area contributed by atoms with Crippen molar-refractivity contribution in [2.75, 3.05) is 20.2 Å². The quantitative estimate of drug-likeness (QED) is 0.135. The molecule has 1 aliphatic heterocycles. The molecule has 6 rings (SSSR count). The molecule has 0 aromatic heterocycles. The highest BCUT2D eigenvalue weighted by atomic mass is 19.4. The number of halogens is 4. The van der Waals surface area contributed by atoms with Crippen LogP contribution in [0.15, 0.2) is 66.7 Å². The van der Waals surface area contributed by atoms with Gasteiger partial charge in [0.2, 0.25) is 5.91 Å². The van der Waals surface area contributed by atoms with Gasteiger partial charge in [0.25, 0.3) is 0 Å². The Balaban J connectivity index is 0.000000241. The van der Waals surface area contributed by atoms with Gasteiger partial charge in [-0.15, -0.1) is 0 Å². The Morgan fingerprint density at radius 3 is 1.89 bits per heavy atom. The summed E-state index contributed by atoms with van der Waals surface area (Å²) in [5.41, 5.74) is 6.84. The van der Waals surface area contributed by atoms with Crippen LogP contribution in [0, 0.1) is 5.82 Å². The summed E-state index contributed by atoms with van der Waals surface area (Å²) in [5, 5.41) is 35.6. The molecule has 3 aliphatic rings. The first-order chi connectivity index (χ1) is 26.1. The minimum Gasteiger partial charge on any atom is -0.489 e. The maximum atomic E-state index is 14.0. The zero-order valence-electron chi connectivity index (χ0n) is 30.8. The Hall–Kier alpha value is -4.81. The third kappa shape index (κ3) is 12.1. The second-order valence-electron chi connectivity index (χ2n) is 13.6. The fourth-order valence-corrected chi connectivity index (χ4v) is 6.51. The number of aliphatic carboxylic acids is 2. The summed E-state index contributed by atoms with van der Waals surface area (Å²) in [6, 6.07) is 18.7. The third-order valence-electron chi connectivity index (χ3n) is 9.84. The maximum absolute atomic E-state index is 14.0. The molecular formula is C39H49F4N3O10. The highest BCUT2D eigenvalue weighted by Crippen LogP contribution is 2.40. The third-order valence-corrected chi connectivity index (χ3v) is 9.84. The molecule has 2 saturated carbocycles. The summed E-state index contributed by atoms with van der Waals surface area (Å²) in [6.45, 7) is 1.25. The first kappa shape index (κ1) is 45.6. The molecule has 0 radical (unpaired) electrons. The van der Waals surface area contributed by atoms with Crippen LogP contribution in [0.25, 0.3) is 0 Å². The van der Waals surface area contributed by atoms with Crippen LogP contribution in [0.5, 0.6) is 11.5 Å². The van der Waals surface area contributed by atoms with Crippen molar-refractivity contribution < 1.29 is 67.3 Å². The Morgan fingerprint density at radius 1 is 0.893 bits per heavy atom. The van der Waals surface area contributed by atoms with Gasteiger partial charge in [-0.2, -0.15) is 13.2 Å². The van der Waals surface area contributed by atoms with Gasteiger partial charge in [0.05, 0.1) is 5.56 Å². The van der Waals surface area contributed by atoms with E-state index >= 15 is 0 Å². The molecule has 1 amide bonds. The van der Waals surface area contributed by atoms with Crippen molar-refractivity contribution in [2.45, 2.75) is 94.0 Å². The lowest BCUT2D eigenvalue weighted by Gasteiger charge is -2.51.